The van der Waals surface area contributed by atoms with E-state index in [1.54, 1.807) is 0 Å². The van der Waals surface area contributed by atoms with E-state index in [0.717, 1.165) is 11.8 Å². The third kappa shape index (κ3) is 5.63. The highest BCUT2D eigenvalue weighted by atomic mass is 31.1. The van der Waals surface area contributed by atoms with E-state index in [4.69, 9.17) is 0 Å². The van der Waals surface area contributed by atoms with Crippen LogP contribution in [-0.2, 0) is 0 Å². The van der Waals surface area contributed by atoms with Crippen LogP contribution in [0.2, 0.25) is 0 Å². The topological polar surface area (TPSA) is 0 Å². The summed E-state index contributed by atoms with van der Waals surface area (Å²) in [5.41, 5.74) is 0. The molecule has 0 nitrogen and oxygen atoms in total. The zero-order chi connectivity index (χ0) is 22.3. The Kier molecular flexibility index (Phi) is 7.68. The molecule has 0 radical (unpaired) electrons. The van der Waals surface area contributed by atoms with E-state index < -0.39 is 0 Å². The molecule has 0 aromatic heterocycles. The number of hydrogen-bond acceptors (Lipinski definition) is 0. The molecule has 2 unspecified atom stereocenters. The molecule has 2 atom stereocenters. The number of benzene rings is 4. The van der Waals surface area contributed by atoms with Crippen molar-refractivity contribution in [1.29, 1.82) is 0 Å². The van der Waals surface area contributed by atoms with Crippen molar-refractivity contribution in [3.05, 3.63) is 121 Å². The molecule has 1 aliphatic rings. The maximum Gasteiger partial charge on any atom is -0.0195 e. The molecule has 0 spiro atoms. The van der Waals surface area contributed by atoms with Gasteiger partial charge in [0.25, 0.3) is 0 Å². The second-order valence-electron chi connectivity index (χ2n) is 9.01. The van der Waals surface area contributed by atoms with Crippen molar-refractivity contribution in [2.45, 2.75) is 19.3 Å². The van der Waals surface area contributed by atoms with Crippen LogP contribution in [-0.4, -0.2) is 12.3 Å². The van der Waals surface area contributed by atoms with Crippen molar-refractivity contribution < 1.29 is 0 Å². The fourth-order valence-corrected chi connectivity index (χ4v) is 10.7. The van der Waals surface area contributed by atoms with Gasteiger partial charge < -0.3 is 0 Å². The molecule has 4 aromatic carbocycles. The van der Waals surface area contributed by atoms with E-state index in [1.807, 2.05) is 0 Å². The van der Waals surface area contributed by atoms with Crippen LogP contribution in [0.1, 0.15) is 19.3 Å². The Bertz CT molecular complexity index is 927. The van der Waals surface area contributed by atoms with Crippen molar-refractivity contribution in [3.63, 3.8) is 0 Å². The largest absolute Gasteiger partial charge is 0.0622 e. The molecule has 33 heavy (non-hydrogen) atoms. The minimum atomic E-state index is -0.315. The van der Waals surface area contributed by atoms with Gasteiger partial charge in [-0.1, -0.05) is 128 Å². The Morgan fingerprint density at radius 3 is 0.970 bits per heavy atom. The van der Waals surface area contributed by atoms with E-state index in [2.05, 4.69) is 121 Å². The second-order valence-corrected chi connectivity index (χ2v) is 13.5. The lowest BCUT2D eigenvalue weighted by atomic mass is 10.0. The van der Waals surface area contributed by atoms with Crippen LogP contribution in [0.15, 0.2) is 121 Å². The summed E-state index contributed by atoms with van der Waals surface area (Å²) >= 11 is 0. The van der Waals surface area contributed by atoms with E-state index in [9.17, 15) is 0 Å². The predicted molar refractivity (Wildman–Crippen MR) is 149 cm³/mol. The monoisotopic (exact) mass is 466 g/mol. The van der Waals surface area contributed by atoms with Gasteiger partial charge in [-0.25, -0.2) is 0 Å². The Morgan fingerprint density at radius 1 is 0.424 bits per heavy atom. The van der Waals surface area contributed by atoms with Crippen molar-refractivity contribution in [3.8, 4) is 0 Å². The Balaban J connectivity index is 1.40. The van der Waals surface area contributed by atoms with E-state index in [0.29, 0.717) is 0 Å². The summed E-state index contributed by atoms with van der Waals surface area (Å²) in [4.78, 5) is 0. The van der Waals surface area contributed by atoms with Gasteiger partial charge in [-0.15, -0.1) is 0 Å². The first-order chi connectivity index (χ1) is 16.4. The molecule has 0 bridgehead atoms. The van der Waals surface area contributed by atoms with Crippen LogP contribution in [0.5, 0.6) is 0 Å². The van der Waals surface area contributed by atoms with E-state index in [1.165, 1.54) is 52.8 Å². The van der Waals surface area contributed by atoms with Crippen molar-refractivity contribution in [2.24, 2.45) is 11.8 Å². The second kappa shape index (κ2) is 11.2. The molecule has 0 N–H and O–H groups in total. The molecule has 4 aromatic rings. The molecular weight excluding hydrogens is 434 g/mol. The lowest BCUT2D eigenvalue weighted by Gasteiger charge is -2.29. The standard InChI is InChI=1S/C31H32P2/c1-5-16-28(17-6-1)32(29-18-7-2-8-19-29)24-26-14-13-15-27(26)25-33(30-20-9-3-10-21-30)31-22-11-4-12-23-31/h1-12,16-23,26-27H,13-15,24-25H2. The van der Waals surface area contributed by atoms with Crippen LogP contribution in [0.4, 0.5) is 0 Å². The normalized spacial score (nSPS) is 18.1. The summed E-state index contributed by atoms with van der Waals surface area (Å²) in [6.45, 7) is 0. The summed E-state index contributed by atoms with van der Waals surface area (Å²) in [6.07, 6.45) is 6.79. The Morgan fingerprint density at radius 2 is 0.697 bits per heavy atom. The molecule has 1 fully saturated rings. The van der Waals surface area contributed by atoms with E-state index in [-0.39, 0.29) is 15.8 Å². The molecule has 0 saturated heterocycles. The molecule has 5 rings (SSSR count). The van der Waals surface area contributed by atoms with Crippen LogP contribution < -0.4 is 21.2 Å². The molecule has 0 aliphatic heterocycles. The minimum absolute atomic E-state index is 0.315. The predicted octanol–water partition coefficient (Wildman–Crippen LogP) is 6.67. The Hall–Kier alpha value is -2.26. The lowest BCUT2D eigenvalue weighted by molar-refractivity contribution is 0.469. The molecular formula is C31H32P2. The summed E-state index contributed by atoms with van der Waals surface area (Å²) in [5, 5.41) is 6.10. The quantitative estimate of drug-likeness (QED) is 0.255. The molecule has 0 amide bonds. The van der Waals surface area contributed by atoms with Gasteiger partial charge in [0, 0.05) is 0 Å². The van der Waals surface area contributed by atoms with Crippen LogP contribution >= 0.6 is 15.8 Å². The van der Waals surface area contributed by atoms with Crippen LogP contribution in [0.25, 0.3) is 0 Å². The van der Waals surface area contributed by atoms with Gasteiger partial charge in [0.05, 0.1) is 0 Å². The maximum absolute atomic E-state index is 2.35. The maximum atomic E-state index is 2.35. The van der Waals surface area contributed by atoms with Gasteiger partial charge in [-0.05, 0) is 74.1 Å². The van der Waals surface area contributed by atoms with Crippen LogP contribution in [0, 0.1) is 11.8 Å². The SMILES string of the molecule is c1ccc(P(CC2CCCC2CP(c2ccccc2)c2ccccc2)c2ccccc2)cc1. The van der Waals surface area contributed by atoms with Gasteiger partial charge >= 0.3 is 0 Å². The van der Waals surface area contributed by atoms with Gasteiger partial charge in [-0.2, -0.15) is 0 Å². The summed E-state index contributed by atoms with van der Waals surface area (Å²) < 4.78 is 0. The van der Waals surface area contributed by atoms with Gasteiger partial charge in [-0.3, -0.25) is 0 Å². The average molecular weight is 467 g/mol. The lowest BCUT2D eigenvalue weighted by Crippen LogP contribution is -2.24. The zero-order valence-corrected chi connectivity index (χ0v) is 20.9. The van der Waals surface area contributed by atoms with Gasteiger partial charge in [0.2, 0.25) is 0 Å². The van der Waals surface area contributed by atoms with Gasteiger partial charge in [0.1, 0.15) is 0 Å². The minimum Gasteiger partial charge on any atom is -0.0622 e. The first-order valence-corrected chi connectivity index (χ1v) is 15.2. The highest BCUT2D eigenvalue weighted by molar-refractivity contribution is 7.73. The number of rotatable bonds is 8. The molecule has 2 heteroatoms. The molecule has 0 heterocycles. The van der Waals surface area contributed by atoms with Crippen molar-refractivity contribution in [2.75, 3.05) is 12.3 Å². The third-order valence-electron chi connectivity index (χ3n) is 6.92. The van der Waals surface area contributed by atoms with Crippen molar-refractivity contribution >= 4 is 37.1 Å². The summed E-state index contributed by atoms with van der Waals surface area (Å²) in [7, 11) is -0.630. The van der Waals surface area contributed by atoms with E-state index >= 15 is 0 Å². The first kappa shape index (κ1) is 22.5. The molecule has 1 aliphatic carbocycles. The summed E-state index contributed by atoms with van der Waals surface area (Å²) in [5.74, 6) is 1.63. The molecule has 166 valence electrons. The molecule has 1 saturated carbocycles. The highest BCUT2D eigenvalue weighted by Gasteiger charge is 2.32. The summed E-state index contributed by atoms with van der Waals surface area (Å²) in [6, 6.07) is 45.1. The number of hydrogen-bond donors (Lipinski definition) is 0. The zero-order valence-electron chi connectivity index (χ0n) is 19.1. The smallest absolute Gasteiger partial charge is 0.0195 e. The fourth-order valence-electron chi connectivity index (χ4n) is 5.21. The van der Waals surface area contributed by atoms with Gasteiger partial charge in [0.15, 0.2) is 0 Å². The first-order valence-electron chi connectivity index (χ1n) is 12.1. The van der Waals surface area contributed by atoms with Crippen LogP contribution in [0.3, 0.4) is 0 Å². The highest BCUT2D eigenvalue weighted by Crippen LogP contribution is 2.47. The fraction of sp³-hybridized carbons (Fsp3) is 0.226. The Labute approximate surface area is 201 Å². The third-order valence-corrected chi connectivity index (χ3v) is 12.3. The van der Waals surface area contributed by atoms with Crippen molar-refractivity contribution in [1.82, 2.24) is 0 Å². The average Bonchev–Trinajstić information content (AvgIpc) is 3.34.